The van der Waals surface area contributed by atoms with E-state index in [1.807, 2.05) is 0 Å². The van der Waals surface area contributed by atoms with Gasteiger partial charge >= 0.3 is 6.09 Å². The number of nitrogens with one attached hydrogen (secondary N) is 1. The van der Waals surface area contributed by atoms with Crippen molar-refractivity contribution in [1.82, 2.24) is 30.1 Å². The van der Waals surface area contributed by atoms with Gasteiger partial charge in [0.05, 0.1) is 37.7 Å². The minimum absolute atomic E-state index is 0.0687. The number of amides is 2. The molecule has 3 aromatic rings. The van der Waals surface area contributed by atoms with Crippen LogP contribution in [0.2, 0.25) is 0 Å². The van der Waals surface area contributed by atoms with E-state index in [9.17, 15) is 9.59 Å². The molecular weight excluding hydrogens is 458 g/mol. The van der Waals surface area contributed by atoms with E-state index in [4.69, 9.17) is 25.5 Å². The van der Waals surface area contributed by atoms with Gasteiger partial charge in [0.1, 0.15) is 5.82 Å². The van der Waals surface area contributed by atoms with Crippen molar-refractivity contribution < 1.29 is 23.6 Å². The first-order valence-corrected chi connectivity index (χ1v) is 10.6. The van der Waals surface area contributed by atoms with Gasteiger partial charge in [-0.2, -0.15) is 4.98 Å². The van der Waals surface area contributed by atoms with Gasteiger partial charge in [-0.05, 0) is 12.1 Å². The van der Waals surface area contributed by atoms with Crippen LogP contribution >= 0.6 is 0 Å². The standard InChI is InChI=1S/C21H25N9O5/c1-33-18-12(4-3-5-13(18)24-14-10-15(22)26-27-17(14)19(23)31)20-25-16(35-28-20)11-29-6-8-30(9-7-29)21(32)34-2/h3-5,10H,6-9,11H2,1-2H3,(H2,23,31)(H3,22,24,26). The van der Waals surface area contributed by atoms with Gasteiger partial charge in [0.2, 0.25) is 11.7 Å². The Labute approximate surface area is 200 Å². The van der Waals surface area contributed by atoms with Crippen LogP contribution in [-0.2, 0) is 11.3 Å². The maximum atomic E-state index is 11.7. The monoisotopic (exact) mass is 483 g/mol. The Kier molecular flexibility index (Phi) is 6.91. The van der Waals surface area contributed by atoms with E-state index >= 15 is 0 Å². The third kappa shape index (κ3) is 5.22. The number of hydrogen-bond donors (Lipinski definition) is 3. The number of primary amides is 1. The largest absolute Gasteiger partial charge is 0.494 e. The smallest absolute Gasteiger partial charge is 0.409 e. The van der Waals surface area contributed by atoms with Crippen LogP contribution in [0.5, 0.6) is 5.75 Å². The summed E-state index contributed by atoms with van der Waals surface area (Å²) < 4.78 is 15.8. The lowest BCUT2D eigenvalue weighted by Gasteiger charge is -2.32. The lowest BCUT2D eigenvalue weighted by atomic mass is 10.1. The van der Waals surface area contributed by atoms with Crippen LogP contribution in [0, 0.1) is 0 Å². The molecule has 5 N–H and O–H groups in total. The molecule has 0 spiro atoms. The van der Waals surface area contributed by atoms with E-state index in [0.717, 1.165) is 0 Å². The summed E-state index contributed by atoms with van der Waals surface area (Å²) in [7, 11) is 2.87. The molecule has 14 nitrogen and oxygen atoms in total. The van der Waals surface area contributed by atoms with Crippen LogP contribution in [0.4, 0.5) is 22.0 Å². The van der Waals surface area contributed by atoms with Gasteiger partial charge in [0.15, 0.2) is 11.4 Å². The van der Waals surface area contributed by atoms with Gasteiger partial charge in [0.25, 0.3) is 5.91 Å². The topological polar surface area (TPSA) is 188 Å². The van der Waals surface area contributed by atoms with Crippen molar-refractivity contribution in [1.29, 1.82) is 0 Å². The number of nitrogens with zero attached hydrogens (tertiary/aromatic N) is 6. The lowest BCUT2D eigenvalue weighted by Crippen LogP contribution is -2.48. The second-order valence-corrected chi connectivity index (χ2v) is 7.65. The summed E-state index contributed by atoms with van der Waals surface area (Å²) in [5, 5.41) is 14.6. The number of nitrogen functional groups attached to an aromatic ring is 1. The summed E-state index contributed by atoms with van der Waals surface area (Å²) in [4.78, 5) is 31.7. The number of aromatic nitrogens is 4. The molecule has 35 heavy (non-hydrogen) atoms. The molecule has 14 heteroatoms. The third-order valence-electron chi connectivity index (χ3n) is 5.41. The van der Waals surface area contributed by atoms with E-state index in [2.05, 4.69) is 30.6 Å². The molecule has 2 aromatic heterocycles. The van der Waals surface area contributed by atoms with Gasteiger partial charge in [-0.15, -0.1) is 10.2 Å². The van der Waals surface area contributed by atoms with Crippen LogP contribution < -0.4 is 21.5 Å². The number of rotatable bonds is 7. The van der Waals surface area contributed by atoms with E-state index in [-0.39, 0.29) is 23.3 Å². The zero-order valence-electron chi connectivity index (χ0n) is 19.2. The number of carbonyl (C=O) groups excluding carboxylic acids is 2. The summed E-state index contributed by atoms with van der Waals surface area (Å²) >= 11 is 0. The maximum Gasteiger partial charge on any atom is 0.409 e. The van der Waals surface area contributed by atoms with Crippen molar-refractivity contribution >= 4 is 29.2 Å². The lowest BCUT2D eigenvalue weighted by molar-refractivity contribution is 0.0851. The summed E-state index contributed by atoms with van der Waals surface area (Å²) in [5.41, 5.74) is 12.4. The second kappa shape index (κ2) is 10.2. The van der Waals surface area contributed by atoms with E-state index in [0.29, 0.717) is 61.4 Å². The van der Waals surface area contributed by atoms with Crippen LogP contribution in [-0.4, -0.2) is 82.5 Å². The number of anilines is 3. The number of methoxy groups -OCH3 is 2. The SMILES string of the molecule is COC(=O)N1CCN(Cc2nc(-c3cccc(Nc4cc(N)nnc4C(N)=O)c3OC)no2)CC1. The number of nitrogens with two attached hydrogens (primary N) is 2. The zero-order valence-corrected chi connectivity index (χ0v) is 19.2. The minimum atomic E-state index is -0.759. The molecule has 2 amide bonds. The highest BCUT2D eigenvalue weighted by Crippen LogP contribution is 2.37. The van der Waals surface area contributed by atoms with Crippen LogP contribution in [0.25, 0.3) is 11.4 Å². The van der Waals surface area contributed by atoms with Crippen molar-refractivity contribution in [3.8, 4) is 17.1 Å². The minimum Gasteiger partial charge on any atom is -0.494 e. The number of piperazine rings is 1. The average molecular weight is 483 g/mol. The molecule has 1 aliphatic heterocycles. The Morgan fingerprint density at radius 3 is 2.60 bits per heavy atom. The molecular formula is C21H25N9O5. The van der Waals surface area contributed by atoms with E-state index in [1.54, 1.807) is 23.1 Å². The van der Waals surface area contributed by atoms with Crippen molar-refractivity contribution in [2.75, 3.05) is 51.4 Å². The van der Waals surface area contributed by atoms with Crippen molar-refractivity contribution in [2.45, 2.75) is 6.54 Å². The molecule has 0 unspecified atom stereocenters. The third-order valence-corrected chi connectivity index (χ3v) is 5.41. The van der Waals surface area contributed by atoms with Gasteiger partial charge in [0, 0.05) is 32.2 Å². The summed E-state index contributed by atoms with van der Waals surface area (Å²) in [6.45, 7) is 2.85. The number of ether oxygens (including phenoxy) is 2. The predicted molar refractivity (Wildman–Crippen MR) is 124 cm³/mol. The number of benzene rings is 1. The summed E-state index contributed by atoms with van der Waals surface area (Å²) in [6, 6.07) is 6.74. The molecule has 3 heterocycles. The first-order valence-electron chi connectivity index (χ1n) is 10.6. The molecule has 0 aliphatic carbocycles. The molecule has 4 rings (SSSR count). The Balaban J connectivity index is 1.52. The highest BCUT2D eigenvalue weighted by atomic mass is 16.5. The molecule has 1 aromatic carbocycles. The Morgan fingerprint density at radius 2 is 1.91 bits per heavy atom. The van der Waals surface area contributed by atoms with Crippen molar-refractivity contribution in [3.63, 3.8) is 0 Å². The highest BCUT2D eigenvalue weighted by Gasteiger charge is 2.24. The Morgan fingerprint density at radius 1 is 1.14 bits per heavy atom. The summed E-state index contributed by atoms with van der Waals surface area (Å²) in [6.07, 6.45) is -0.335. The Bertz CT molecular complexity index is 1220. The molecule has 0 atom stereocenters. The van der Waals surface area contributed by atoms with Gasteiger partial charge in [-0.3, -0.25) is 9.69 Å². The number of carbonyl (C=O) groups is 2. The predicted octanol–water partition coefficient (Wildman–Crippen LogP) is 0.844. The van der Waals surface area contributed by atoms with Crippen molar-refractivity contribution in [3.05, 3.63) is 35.9 Å². The Hall–Kier alpha value is -4.46. The first-order chi connectivity index (χ1) is 16.9. The molecule has 1 aliphatic rings. The van der Waals surface area contributed by atoms with E-state index in [1.165, 1.54) is 20.3 Å². The van der Waals surface area contributed by atoms with Gasteiger partial charge in [-0.1, -0.05) is 11.2 Å². The summed E-state index contributed by atoms with van der Waals surface area (Å²) in [5.74, 6) is 0.524. The fourth-order valence-electron chi connectivity index (χ4n) is 3.70. The number of para-hydroxylation sites is 1. The average Bonchev–Trinajstić information content (AvgIpc) is 3.32. The molecule has 0 saturated carbocycles. The molecule has 1 fully saturated rings. The van der Waals surface area contributed by atoms with Gasteiger partial charge in [-0.25, -0.2) is 4.79 Å². The quantitative estimate of drug-likeness (QED) is 0.430. The maximum absolute atomic E-state index is 11.7. The normalized spacial score (nSPS) is 13.9. The van der Waals surface area contributed by atoms with Crippen LogP contribution in [0.1, 0.15) is 16.4 Å². The molecule has 1 saturated heterocycles. The molecule has 0 bridgehead atoms. The zero-order chi connectivity index (χ0) is 24.9. The molecule has 184 valence electrons. The number of hydrogen-bond acceptors (Lipinski definition) is 12. The second-order valence-electron chi connectivity index (χ2n) is 7.65. The van der Waals surface area contributed by atoms with Crippen LogP contribution in [0.15, 0.2) is 28.8 Å². The first kappa shape index (κ1) is 23.7. The van der Waals surface area contributed by atoms with Crippen LogP contribution in [0.3, 0.4) is 0 Å². The van der Waals surface area contributed by atoms with E-state index < -0.39 is 5.91 Å². The van der Waals surface area contributed by atoms with Gasteiger partial charge < -0.3 is 35.7 Å². The fraction of sp³-hybridized carbons (Fsp3) is 0.333. The fourth-order valence-corrected chi connectivity index (χ4v) is 3.70. The molecule has 0 radical (unpaired) electrons. The highest BCUT2D eigenvalue weighted by molar-refractivity contribution is 5.97. The van der Waals surface area contributed by atoms with Crippen molar-refractivity contribution in [2.24, 2.45) is 5.73 Å².